The molecule has 3 heterocycles. The highest BCUT2D eigenvalue weighted by Crippen LogP contribution is 2.40. The molecule has 0 aliphatic carbocycles. The van der Waals surface area contributed by atoms with Crippen molar-refractivity contribution in [1.29, 1.82) is 0 Å². The Morgan fingerprint density at radius 2 is 1.02 bits per heavy atom. The number of aromatic nitrogens is 1. The molecule has 0 fully saturated rings. The van der Waals surface area contributed by atoms with E-state index in [0.29, 0.717) is 0 Å². The molecule has 45 heavy (non-hydrogen) atoms. The maximum Gasteiger partial charge on any atom is 0.242 e. The molecule has 0 amide bonds. The van der Waals surface area contributed by atoms with Gasteiger partial charge in [-0.25, -0.2) is 0 Å². The van der Waals surface area contributed by atoms with Crippen LogP contribution in [0.25, 0.3) is 71.7 Å². The van der Waals surface area contributed by atoms with Crippen molar-refractivity contribution in [2.45, 2.75) is 0 Å². The Kier molecular flexibility index (Phi) is 5.12. The van der Waals surface area contributed by atoms with Crippen molar-refractivity contribution in [3.05, 3.63) is 158 Å². The van der Waals surface area contributed by atoms with Crippen molar-refractivity contribution in [3.63, 3.8) is 0 Å². The number of para-hydroxylation sites is 3. The van der Waals surface area contributed by atoms with Gasteiger partial charge in [-0.3, -0.25) is 0 Å². The number of rotatable bonds is 2. The van der Waals surface area contributed by atoms with Crippen molar-refractivity contribution in [1.82, 2.24) is 4.57 Å². The van der Waals surface area contributed by atoms with Gasteiger partial charge in [0.15, 0.2) is 0 Å². The average molecular weight is 571 g/mol. The number of benzene rings is 7. The van der Waals surface area contributed by atoms with E-state index < -0.39 is 0 Å². The molecule has 1 aliphatic heterocycles. The van der Waals surface area contributed by atoms with Gasteiger partial charge in [0.05, 0.1) is 11.0 Å². The van der Waals surface area contributed by atoms with Gasteiger partial charge in [-0.1, -0.05) is 132 Å². The average Bonchev–Trinajstić information content (AvgIpc) is 3.60. The summed E-state index contributed by atoms with van der Waals surface area (Å²) in [5, 5.41) is 4.85. The Bertz CT molecular complexity index is 2610. The summed E-state index contributed by atoms with van der Waals surface area (Å²) in [6.07, 6.45) is 0. The summed E-state index contributed by atoms with van der Waals surface area (Å²) >= 11 is 0. The zero-order chi connectivity index (χ0) is 29.5. The fraction of sp³-hybridized carbons (Fsp3) is 0. The second kappa shape index (κ2) is 9.35. The van der Waals surface area contributed by atoms with Gasteiger partial charge in [-0.2, -0.15) is 0 Å². The van der Waals surface area contributed by atoms with Gasteiger partial charge in [0.2, 0.25) is 6.71 Å². The van der Waals surface area contributed by atoms with Crippen LogP contribution in [0.5, 0.6) is 0 Å². The zero-order valence-electron chi connectivity index (χ0n) is 24.4. The van der Waals surface area contributed by atoms with Crippen LogP contribution in [0, 0.1) is 0 Å². The second-order valence-corrected chi connectivity index (χ2v) is 12.1. The van der Waals surface area contributed by atoms with E-state index in [0.717, 1.165) is 21.9 Å². The summed E-state index contributed by atoms with van der Waals surface area (Å²) in [6.45, 7) is 0.0658. The van der Waals surface area contributed by atoms with Crippen LogP contribution in [0.4, 0.5) is 0 Å². The van der Waals surface area contributed by atoms with Crippen molar-refractivity contribution >= 4 is 66.8 Å². The number of furan rings is 1. The predicted molar refractivity (Wildman–Crippen MR) is 190 cm³/mol. The van der Waals surface area contributed by atoms with Crippen molar-refractivity contribution in [2.75, 3.05) is 0 Å². The van der Waals surface area contributed by atoms with Crippen LogP contribution >= 0.6 is 0 Å². The molecule has 0 N–H and O–H groups in total. The molecule has 3 heteroatoms. The number of nitrogens with zero attached hydrogens (tertiary/aromatic N) is 1. The molecular weight excluding hydrogens is 545 g/mol. The van der Waals surface area contributed by atoms with Crippen LogP contribution in [0.15, 0.2) is 162 Å². The minimum atomic E-state index is 0.0658. The lowest BCUT2D eigenvalue weighted by molar-refractivity contribution is 0.669. The van der Waals surface area contributed by atoms with Crippen molar-refractivity contribution in [3.8, 4) is 27.9 Å². The Balaban J connectivity index is 1.26. The Hall–Kier alpha value is -5.80. The van der Waals surface area contributed by atoms with Gasteiger partial charge in [0, 0.05) is 27.2 Å². The Morgan fingerprint density at radius 1 is 0.400 bits per heavy atom. The minimum absolute atomic E-state index is 0.0658. The third-order valence-electron chi connectivity index (χ3n) is 9.69. The summed E-state index contributed by atoms with van der Waals surface area (Å²) in [5.41, 5.74) is 14.4. The van der Waals surface area contributed by atoms with Gasteiger partial charge in [-0.05, 0) is 64.7 Å². The Morgan fingerprint density at radius 3 is 1.82 bits per heavy atom. The lowest BCUT2D eigenvalue weighted by atomic mass is 9.36. The van der Waals surface area contributed by atoms with E-state index in [9.17, 15) is 0 Å². The first kappa shape index (κ1) is 24.6. The molecule has 2 nitrogen and oxygen atoms in total. The van der Waals surface area contributed by atoms with Crippen LogP contribution < -0.4 is 16.4 Å². The van der Waals surface area contributed by atoms with Gasteiger partial charge in [-0.15, -0.1) is 0 Å². The van der Waals surface area contributed by atoms with Gasteiger partial charge < -0.3 is 8.98 Å². The van der Waals surface area contributed by atoms with Crippen LogP contribution in [0.2, 0.25) is 0 Å². The first-order valence-corrected chi connectivity index (χ1v) is 15.6. The Labute approximate surface area is 260 Å². The predicted octanol–water partition coefficient (Wildman–Crippen LogP) is 8.85. The molecule has 2 aromatic heterocycles. The van der Waals surface area contributed by atoms with Crippen LogP contribution in [-0.4, -0.2) is 11.3 Å². The SMILES string of the molecule is c1ccc(-n2c3ccccc3c3cc(B4c5ccccc5-c5cc6oc7ccccc7c6cc5-c5ccccc54)ccc32)cc1. The molecule has 0 unspecified atom stereocenters. The van der Waals surface area contributed by atoms with Crippen LogP contribution in [0.1, 0.15) is 0 Å². The summed E-state index contributed by atoms with van der Waals surface area (Å²) in [7, 11) is 0. The third kappa shape index (κ3) is 3.52. The number of hydrogen-bond donors (Lipinski definition) is 0. The summed E-state index contributed by atoms with van der Waals surface area (Å²) in [5.74, 6) is 0. The van der Waals surface area contributed by atoms with Crippen molar-refractivity contribution < 1.29 is 4.42 Å². The maximum absolute atomic E-state index is 6.40. The normalized spacial score (nSPS) is 12.4. The zero-order valence-corrected chi connectivity index (χ0v) is 24.4. The van der Waals surface area contributed by atoms with Gasteiger partial charge in [0.25, 0.3) is 0 Å². The minimum Gasteiger partial charge on any atom is -0.456 e. The molecule has 0 saturated heterocycles. The first-order chi connectivity index (χ1) is 22.3. The van der Waals surface area contributed by atoms with E-state index >= 15 is 0 Å². The fourth-order valence-electron chi connectivity index (χ4n) is 7.76. The molecule has 208 valence electrons. The highest BCUT2D eigenvalue weighted by atomic mass is 16.3. The van der Waals surface area contributed by atoms with E-state index in [1.54, 1.807) is 0 Å². The highest BCUT2D eigenvalue weighted by molar-refractivity contribution is 6.97. The smallest absolute Gasteiger partial charge is 0.242 e. The number of fused-ring (bicyclic) bond motifs is 11. The lowest BCUT2D eigenvalue weighted by Crippen LogP contribution is -2.52. The molecule has 0 saturated carbocycles. The molecule has 0 bridgehead atoms. The van der Waals surface area contributed by atoms with Crippen LogP contribution in [-0.2, 0) is 0 Å². The topological polar surface area (TPSA) is 18.1 Å². The van der Waals surface area contributed by atoms with E-state index in [1.165, 1.54) is 66.1 Å². The number of hydrogen-bond acceptors (Lipinski definition) is 1. The molecular formula is C42H26BNO. The van der Waals surface area contributed by atoms with E-state index in [4.69, 9.17) is 4.42 Å². The third-order valence-corrected chi connectivity index (χ3v) is 9.69. The summed E-state index contributed by atoms with van der Waals surface area (Å²) in [6, 6.07) is 57.4. The van der Waals surface area contributed by atoms with E-state index in [2.05, 4.69) is 156 Å². The molecule has 1 aliphatic rings. The maximum atomic E-state index is 6.40. The van der Waals surface area contributed by atoms with E-state index in [-0.39, 0.29) is 6.71 Å². The van der Waals surface area contributed by atoms with Gasteiger partial charge in [0.1, 0.15) is 11.2 Å². The molecule has 7 aromatic carbocycles. The second-order valence-electron chi connectivity index (χ2n) is 12.1. The first-order valence-electron chi connectivity index (χ1n) is 15.6. The monoisotopic (exact) mass is 571 g/mol. The van der Waals surface area contributed by atoms with Crippen LogP contribution in [0.3, 0.4) is 0 Å². The quantitative estimate of drug-likeness (QED) is 0.190. The standard InChI is InChI=1S/C42H26BNO/c1-2-12-28(13-3-1)44-39-20-10-6-16-31(39)35-24-27(22-23-40(35)44)43-37-18-8-4-14-29(37)33-25-36-32-17-7-11-21-41(32)45-42(36)26-34(33)30-15-5-9-19-38(30)43/h1-26H. The summed E-state index contributed by atoms with van der Waals surface area (Å²) < 4.78 is 8.79. The van der Waals surface area contributed by atoms with Gasteiger partial charge >= 0.3 is 0 Å². The fourth-order valence-corrected chi connectivity index (χ4v) is 7.76. The van der Waals surface area contributed by atoms with E-state index in [1.807, 2.05) is 6.07 Å². The lowest BCUT2D eigenvalue weighted by Gasteiger charge is -2.18. The van der Waals surface area contributed by atoms with Crippen molar-refractivity contribution in [2.24, 2.45) is 0 Å². The largest absolute Gasteiger partial charge is 0.456 e. The molecule has 10 rings (SSSR count). The highest BCUT2D eigenvalue weighted by Gasteiger charge is 2.32. The molecule has 0 spiro atoms. The molecule has 0 radical (unpaired) electrons. The molecule has 0 atom stereocenters. The molecule has 9 aromatic rings. The summed E-state index contributed by atoms with van der Waals surface area (Å²) in [4.78, 5) is 0.